The second-order valence-corrected chi connectivity index (χ2v) is 6.73. The first kappa shape index (κ1) is 13.5. The second-order valence-electron chi connectivity index (χ2n) is 3.72. The van der Waals surface area contributed by atoms with E-state index in [-0.39, 0.29) is 12.0 Å². The quantitative estimate of drug-likeness (QED) is 0.416. The third-order valence-electron chi connectivity index (χ3n) is 2.16. The van der Waals surface area contributed by atoms with E-state index in [9.17, 15) is 4.57 Å². The van der Waals surface area contributed by atoms with Gasteiger partial charge in [-0.05, 0) is 19.8 Å². The van der Waals surface area contributed by atoms with Gasteiger partial charge in [0.15, 0.2) is 0 Å². The van der Waals surface area contributed by atoms with Gasteiger partial charge < -0.3 is 13.8 Å². The highest BCUT2D eigenvalue weighted by atomic mass is 35.5. The van der Waals surface area contributed by atoms with Gasteiger partial charge in [-0.25, -0.2) is 0 Å². The summed E-state index contributed by atoms with van der Waals surface area (Å²) in [6.45, 7) is 7.99. The van der Waals surface area contributed by atoms with E-state index >= 15 is 0 Å². The number of rotatable bonds is 6. The maximum absolute atomic E-state index is 12.3. The van der Waals surface area contributed by atoms with Gasteiger partial charge in [0.25, 0.3) is 4.80 Å². The molecule has 15 heavy (non-hydrogen) atoms. The summed E-state index contributed by atoms with van der Waals surface area (Å²) in [7, 11) is -3.36. The van der Waals surface area contributed by atoms with Gasteiger partial charge in [-0.15, -0.1) is 0 Å². The predicted octanol–water partition coefficient (Wildman–Crippen LogP) is 3.20. The van der Waals surface area contributed by atoms with Crippen LogP contribution < -0.4 is 0 Å². The van der Waals surface area contributed by atoms with E-state index in [4.69, 9.17) is 25.4 Å². The minimum Gasteiger partial charge on any atom is -0.338 e. The minimum atomic E-state index is -3.36. The van der Waals surface area contributed by atoms with Crippen molar-refractivity contribution < 1.29 is 18.3 Å². The molecule has 0 radical (unpaired) electrons. The molecule has 90 valence electrons. The van der Waals surface area contributed by atoms with Crippen LogP contribution in [0.25, 0.3) is 0 Å². The Morgan fingerprint density at radius 1 is 1.40 bits per heavy atom. The first-order valence-corrected chi connectivity index (χ1v) is 7.09. The maximum Gasteiger partial charge on any atom is 0.380 e. The molecule has 1 aliphatic heterocycles. The largest absolute Gasteiger partial charge is 0.380 e. The van der Waals surface area contributed by atoms with E-state index in [1.54, 1.807) is 13.8 Å². The fourth-order valence-corrected chi connectivity index (χ4v) is 4.06. The molecule has 0 aromatic heterocycles. The van der Waals surface area contributed by atoms with Crippen molar-refractivity contribution >= 4 is 19.2 Å². The Balaban J connectivity index is 2.78. The van der Waals surface area contributed by atoms with Crippen LogP contribution in [-0.4, -0.2) is 24.1 Å². The van der Waals surface area contributed by atoms with E-state index < -0.39 is 12.4 Å². The summed E-state index contributed by atoms with van der Waals surface area (Å²) in [4.78, 5) is -1.27. The number of hydrogen-bond acceptors (Lipinski definition) is 4. The third kappa shape index (κ3) is 2.40. The van der Waals surface area contributed by atoms with Crippen LogP contribution in [0.2, 0.25) is 0 Å². The zero-order valence-electron chi connectivity index (χ0n) is 9.53. The summed E-state index contributed by atoms with van der Waals surface area (Å²) in [6, 6.07) is 0. The Labute approximate surface area is 95.8 Å². The molecule has 0 spiro atoms. The molecule has 0 N–H and O–H groups in total. The van der Waals surface area contributed by atoms with E-state index in [0.717, 1.165) is 0 Å². The van der Waals surface area contributed by atoms with Crippen molar-refractivity contribution in [3.05, 3.63) is 0 Å². The average Bonchev–Trinajstić information content (AvgIpc) is 2.81. The zero-order chi connectivity index (χ0) is 11.7. The molecule has 0 bridgehead atoms. The van der Waals surface area contributed by atoms with E-state index in [2.05, 4.69) is 0 Å². The van der Waals surface area contributed by atoms with Crippen LogP contribution in [0.15, 0.2) is 0 Å². The number of epoxide rings is 1. The van der Waals surface area contributed by atoms with Crippen LogP contribution in [0, 0.1) is 5.92 Å². The minimum absolute atomic E-state index is 0.191. The molecule has 2 atom stereocenters. The summed E-state index contributed by atoms with van der Waals surface area (Å²) in [5.41, 5.74) is 0. The summed E-state index contributed by atoms with van der Waals surface area (Å²) >= 11 is 6.13. The Morgan fingerprint density at radius 2 is 1.87 bits per heavy atom. The van der Waals surface area contributed by atoms with Gasteiger partial charge in [-0.2, -0.15) is 0 Å². The summed E-state index contributed by atoms with van der Waals surface area (Å²) in [6.07, 6.45) is -0.261. The zero-order valence-corrected chi connectivity index (χ0v) is 11.2. The lowest BCUT2D eigenvalue weighted by Gasteiger charge is -2.19. The van der Waals surface area contributed by atoms with Gasteiger partial charge in [-0.1, -0.05) is 25.4 Å². The van der Waals surface area contributed by atoms with Gasteiger partial charge in [0.2, 0.25) is 0 Å². The fraction of sp³-hybridized carbons (Fsp3) is 1.00. The smallest absolute Gasteiger partial charge is 0.338 e. The van der Waals surface area contributed by atoms with Crippen molar-refractivity contribution in [2.24, 2.45) is 5.92 Å². The van der Waals surface area contributed by atoms with Crippen molar-refractivity contribution in [3.63, 3.8) is 0 Å². The van der Waals surface area contributed by atoms with Crippen LogP contribution in [0.3, 0.4) is 0 Å². The average molecular weight is 257 g/mol. The molecule has 1 aliphatic rings. The molecule has 6 heteroatoms. The molecular formula is C9H18ClO4P. The molecule has 0 aromatic carbocycles. The number of alkyl halides is 1. The SMILES string of the molecule is CCOP(=O)(OCC)[C@@]1(Cl)O[C@@H]1C(C)C. The highest BCUT2D eigenvalue weighted by Crippen LogP contribution is 2.73. The Kier molecular flexibility index (Phi) is 4.24. The van der Waals surface area contributed by atoms with Gasteiger partial charge in [-0.3, -0.25) is 4.57 Å². The monoisotopic (exact) mass is 256 g/mol. The molecule has 0 saturated carbocycles. The molecule has 0 aliphatic carbocycles. The third-order valence-corrected chi connectivity index (χ3v) is 5.39. The molecule has 0 amide bonds. The molecule has 0 aromatic rings. The number of ether oxygens (including phenoxy) is 1. The first-order valence-electron chi connectivity index (χ1n) is 5.17. The van der Waals surface area contributed by atoms with Gasteiger partial charge in [0, 0.05) is 0 Å². The highest BCUT2D eigenvalue weighted by Gasteiger charge is 2.70. The normalized spacial score (nSPS) is 30.9. The maximum atomic E-state index is 12.3. The van der Waals surface area contributed by atoms with E-state index in [0.29, 0.717) is 13.2 Å². The Hall–Kier alpha value is 0.400. The van der Waals surface area contributed by atoms with Crippen molar-refractivity contribution in [3.8, 4) is 0 Å². The van der Waals surface area contributed by atoms with Crippen molar-refractivity contribution in [2.45, 2.75) is 38.6 Å². The van der Waals surface area contributed by atoms with Gasteiger partial charge in [0.05, 0.1) is 13.2 Å². The fourth-order valence-electron chi connectivity index (χ4n) is 1.46. The lowest BCUT2D eigenvalue weighted by atomic mass is 10.1. The van der Waals surface area contributed by atoms with Crippen molar-refractivity contribution in [1.29, 1.82) is 0 Å². The van der Waals surface area contributed by atoms with Crippen molar-refractivity contribution in [2.75, 3.05) is 13.2 Å². The molecule has 4 nitrogen and oxygen atoms in total. The van der Waals surface area contributed by atoms with E-state index in [1.165, 1.54) is 0 Å². The van der Waals surface area contributed by atoms with Gasteiger partial charge in [0.1, 0.15) is 6.10 Å². The van der Waals surface area contributed by atoms with Crippen LogP contribution >= 0.6 is 19.2 Å². The Bertz CT molecular complexity index is 261. The lowest BCUT2D eigenvalue weighted by Crippen LogP contribution is -2.15. The standard InChI is InChI=1S/C9H18ClO4P/c1-5-12-15(11,13-6-2)9(10)8(14-9)7(3)4/h7-8H,5-6H2,1-4H3/t8-,9+/m1/s1. The summed E-state index contributed by atoms with van der Waals surface area (Å²) in [5, 5.41) is 0. The van der Waals surface area contributed by atoms with Crippen LogP contribution in [0.4, 0.5) is 0 Å². The van der Waals surface area contributed by atoms with Crippen molar-refractivity contribution in [1.82, 2.24) is 0 Å². The van der Waals surface area contributed by atoms with Gasteiger partial charge >= 0.3 is 7.60 Å². The molecule has 1 heterocycles. The molecule has 0 unspecified atom stereocenters. The second kappa shape index (κ2) is 4.72. The lowest BCUT2D eigenvalue weighted by molar-refractivity contribution is 0.202. The molecular weight excluding hydrogens is 239 g/mol. The Morgan fingerprint density at radius 3 is 2.13 bits per heavy atom. The first-order chi connectivity index (χ1) is 6.91. The van der Waals surface area contributed by atoms with E-state index in [1.807, 2.05) is 13.8 Å². The number of hydrogen-bond donors (Lipinski definition) is 0. The predicted molar refractivity (Wildman–Crippen MR) is 59.2 cm³/mol. The summed E-state index contributed by atoms with van der Waals surface area (Å²) in [5.74, 6) is 0.191. The molecule has 1 fully saturated rings. The topological polar surface area (TPSA) is 48.1 Å². The van der Waals surface area contributed by atoms with Crippen LogP contribution in [0.5, 0.6) is 0 Å². The van der Waals surface area contributed by atoms with Crippen LogP contribution in [-0.2, 0) is 18.3 Å². The molecule has 1 saturated heterocycles. The summed E-state index contributed by atoms with van der Waals surface area (Å²) < 4.78 is 27.9. The number of halogens is 1. The van der Waals surface area contributed by atoms with Crippen LogP contribution in [0.1, 0.15) is 27.7 Å². The highest BCUT2D eigenvalue weighted by molar-refractivity contribution is 7.58. The molecule has 1 rings (SSSR count).